The van der Waals surface area contributed by atoms with Gasteiger partial charge in [-0.2, -0.15) is 0 Å². The predicted molar refractivity (Wildman–Crippen MR) is 80.1 cm³/mol. The summed E-state index contributed by atoms with van der Waals surface area (Å²) >= 11 is 1.49. The van der Waals surface area contributed by atoms with Crippen LogP contribution in [0, 0.1) is 11.6 Å². The van der Waals surface area contributed by atoms with Crippen LogP contribution in [0.4, 0.5) is 14.5 Å². The minimum atomic E-state index is -1.00. The first-order valence-electron chi connectivity index (χ1n) is 6.48. The third-order valence-electron chi connectivity index (χ3n) is 3.13. The summed E-state index contributed by atoms with van der Waals surface area (Å²) in [6.07, 6.45) is 0. The lowest BCUT2D eigenvalue weighted by Gasteiger charge is -2.26. The quantitative estimate of drug-likeness (QED) is 0.876. The van der Waals surface area contributed by atoms with Gasteiger partial charge in [-0.15, -0.1) is 11.3 Å². The van der Waals surface area contributed by atoms with Crippen LogP contribution in [0.25, 0.3) is 0 Å². The number of benzene rings is 1. The van der Waals surface area contributed by atoms with E-state index < -0.39 is 23.1 Å². The zero-order valence-electron chi connectivity index (χ0n) is 11.8. The Balaban J connectivity index is 2.37. The first-order chi connectivity index (χ1) is 9.91. The monoisotopic (exact) mass is 310 g/mol. The topological polar surface area (TPSA) is 46.3 Å². The molecule has 2 rings (SSSR count). The number of thiophene rings is 1. The van der Waals surface area contributed by atoms with Gasteiger partial charge in [0, 0.05) is 10.9 Å². The molecular formula is C15H16F2N2OS. The smallest absolute Gasteiger partial charge is 0.260 e. The number of nitrogens with two attached hydrogens (primary N) is 1. The average Bonchev–Trinajstić information content (AvgIpc) is 2.93. The van der Waals surface area contributed by atoms with Crippen LogP contribution in [0.1, 0.15) is 29.1 Å². The van der Waals surface area contributed by atoms with Crippen LogP contribution >= 0.6 is 11.3 Å². The Morgan fingerprint density at radius 2 is 2.05 bits per heavy atom. The number of hydrogen-bond donors (Lipinski definition) is 1. The van der Waals surface area contributed by atoms with Crippen molar-refractivity contribution in [3.05, 3.63) is 51.7 Å². The summed E-state index contributed by atoms with van der Waals surface area (Å²) in [5, 5.41) is 1.89. The number of carbonyl (C=O) groups excluding carboxylic acids is 1. The molecule has 2 N–H and O–H groups in total. The van der Waals surface area contributed by atoms with Crippen LogP contribution in [-0.4, -0.2) is 16.8 Å². The summed E-state index contributed by atoms with van der Waals surface area (Å²) in [4.78, 5) is 14.9. The van der Waals surface area contributed by atoms with Crippen molar-refractivity contribution >= 4 is 22.9 Å². The van der Waals surface area contributed by atoms with Crippen LogP contribution in [-0.2, 0) is 6.54 Å². The van der Waals surface area contributed by atoms with Gasteiger partial charge >= 0.3 is 0 Å². The Kier molecular flexibility index (Phi) is 4.57. The fourth-order valence-corrected chi connectivity index (χ4v) is 2.67. The highest BCUT2D eigenvalue weighted by Crippen LogP contribution is 2.23. The molecule has 0 aliphatic carbocycles. The number of rotatable bonds is 4. The molecule has 3 nitrogen and oxygen atoms in total. The molecule has 0 aliphatic rings. The van der Waals surface area contributed by atoms with E-state index in [9.17, 15) is 13.6 Å². The number of carbonyl (C=O) groups is 1. The molecule has 0 atom stereocenters. The van der Waals surface area contributed by atoms with E-state index in [1.165, 1.54) is 16.2 Å². The van der Waals surface area contributed by atoms with Crippen molar-refractivity contribution in [3.63, 3.8) is 0 Å². The average molecular weight is 310 g/mol. The van der Waals surface area contributed by atoms with Gasteiger partial charge in [0.1, 0.15) is 11.4 Å². The number of anilines is 1. The Hall–Kier alpha value is -1.95. The maximum absolute atomic E-state index is 14.0. The molecule has 0 aliphatic heterocycles. The van der Waals surface area contributed by atoms with Crippen molar-refractivity contribution in [2.75, 3.05) is 5.73 Å². The molecule has 0 bridgehead atoms. The Labute approximate surface area is 126 Å². The molecule has 6 heteroatoms. The summed E-state index contributed by atoms with van der Waals surface area (Å²) in [7, 11) is 0. The molecule has 2 aromatic rings. The summed E-state index contributed by atoms with van der Waals surface area (Å²) < 4.78 is 27.8. The minimum absolute atomic E-state index is 0.195. The number of amides is 1. The molecule has 1 aromatic carbocycles. The normalized spacial score (nSPS) is 10.9. The number of nitrogen functional groups attached to an aromatic ring is 1. The maximum Gasteiger partial charge on any atom is 0.260 e. The van der Waals surface area contributed by atoms with E-state index in [1.807, 2.05) is 17.5 Å². The molecule has 0 fully saturated rings. The van der Waals surface area contributed by atoms with Gasteiger partial charge in [-0.05, 0) is 37.4 Å². The fourth-order valence-electron chi connectivity index (χ4n) is 1.97. The zero-order valence-corrected chi connectivity index (χ0v) is 12.6. The lowest BCUT2D eigenvalue weighted by Crippen LogP contribution is -2.37. The van der Waals surface area contributed by atoms with Crippen LogP contribution in [0.15, 0.2) is 29.6 Å². The molecule has 0 saturated heterocycles. The van der Waals surface area contributed by atoms with E-state index in [0.29, 0.717) is 6.54 Å². The first kappa shape index (κ1) is 15.4. The molecule has 0 unspecified atom stereocenters. The lowest BCUT2D eigenvalue weighted by atomic mass is 10.1. The van der Waals surface area contributed by atoms with Crippen molar-refractivity contribution in [3.8, 4) is 0 Å². The van der Waals surface area contributed by atoms with Gasteiger partial charge in [-0.25, -0.2) is 8.78 Å². The highest BCUT2D eigenvalue weighted by molar-refractivity contribution is 7.09. The third-order valence-corrected chi connectivity index (χ3v) is 3.99. The van der Waals surface area contributed by atoms with E-state index in [2.05, 4.69) is 0 Å². The summed E-state index contributed by atoms with van der Waals surface area (Å²) in [5.74, 6) is -2.60. The van der Waals surface area contributed by atoms with Gasteiger partial charge in [0.2, 0.25) is 0 Å². The predicted octanol–water partition coefficient (Wildman–Crippen LogP) is 3.66. The van der Waals surface area contributed by atoms with Crippen molar-refractivity contribution in [2.24, 2.45) is 0 Å². The van der Waals surface area contributed by atoms with Gasteiger partial charge in [0.05, 0.1) is 12.2 Å². The van der Waals surface area contributed by atoms with Gasteiger partial charge in [-0.1, -0.05) is 6.07 Å². The standard InChI is InChI=1S/C15H16F2N2OS/c1-9(2)19(8-10-4-3-7-21-10)15(20)13-11(16)5-6-12(18)14(13)17/h3-7,9H,8,18H2,1-2H3. The van der Waals surface area contributed by atoms with Crippen molar-refractivity contribution < 1.29 is 13.6 Å². The van der Waals surface area contributed by atoms with E-state index >= 15 is 0 Å². The highest BCUT2D eigenvalue weighted by Gasteiger charge is 2.26. The molecular weight excluding hydrogens is 294 g/mol. The Morgan fingerprint density at radius 3 is 2.62 bits per heavy atom. The Morgan fingerprint density at radius 1 is 1.33 bits per heavy atom. The van der Waals surface area contributed by atoms with Crippen LogP contribution < -0.4 is 5.73 Å². The number of halogens is 2. The van der Waals surface area contributed by atoms with Gasteiger partial charge < -0.3 is 10.6 Å². The van der Waals surface area contributed by atoms with Crippen molar-refractivity contribution in [2.45, 2.75) is 26.4 Å². The highest BCUT2D eigenvalue weighted by atomic mass is 32.1. The summed E-state index contributed by atoms with van der Waals surface area (Å²) in [5.41, 5.74) is 4.60. The zero-order chi connectivity index (χ0) is 15.6. The number of hydrogen-bond acceptors (Lipinski definition) is 3. The molecule has 0 saturated carbocycles. The fraction of sp³-hybridized carbons (Fsp3) is 0.267. The largest absolute Gasteiger partial charge is 0.396 e. The maximum atomic E-state index is 14.0. The molecule has 1 heterocycles. The second-order valence-corrected chi connectivity index (χ2v) is 5.96. The molecule has 0 spiro atoms. The lowest BCUT2D eigenvalue weighted by molar-refractivity contribution is 0.0682. The van der Waals surface area contributed by atoms with Crippen LogP contribution in [0.2, 0.25) is 0 Å². The van der Waals surface area contributed by atoms with Crippen LogP contribution in [0.3, 0.4) is 0 Å². The van der Waals surface area contributed by atoms with E-state index in [0.717, 1.165) is 17.0 Å². The summed E-state index contributed by atoms with van der Waals surface area (Å²) in [6, 6.07) is 5.67. The molecule has 1 aromatic heterocycles. The van der Waals surface area contributed by atoms with E-state index in [1.54, 1.807) is 13.8 Å². The van der Waals surface area contributed by atoms with E-state index in [-0.39, 0.29) is 11.7 Å². The summed E-state index contributed by atoms with van der Waals surface area (Å²) in [6.45, 7) is 3.91. The molecule has 112 valence electrons. The SMILES string of the molecule is CC(C)N(Cc1cccs1)C(=O)c1c(F)ccc(N)c1F. The second kappa shape index (κ2) is 6.22. The third kappa shape index (κ3) is 3.21. The van der Waals surface area contributed by atoms with Gasteiger partial charge in [0.15, 0.2) is 5.82 Å². The minimum Gasteiger partial charge on any atom is -0.396 e. The molecule has 1 amide bonds. The Bertz CT molecular complexity index is 641. The van der Waals surface area contributed by atoms with Gasteiger partial charge in [0.25, 0.3) is 5.91 Å². The first-order valence-corrected chi connectivity index (χ1v) is 7.36. The van der Waals surface area contributed by atoms with Crippen LogP contribution in [0.5, 0.6) is 0 Å². The second-order valence-electron chi connectivity index (χ2n) is 4.93. The van der Waals surface area contributed by atoms with Crippen molar-refractivity contribution in [1.82, 2.24) is 4.90 Å². The van der Waals surface area contributed by atoms with Crippen molar-refractivity contribution in [1.29, 1.82) is 0 Å². The molecule has 0 radical (unpaired) electrons. The van der Waals surface area contributed by atoms with Gasteiger partial charge in [-0.3, -0.25) is 4.79 Å². The number of nitrogens with zero attached hydrogens (tertiary/aromatic N) is 1. The van der Waals surface area contributed by atoms with E-state index in [4.69, 9.17) is 5.73 Å². The molecule has 21 heavy (non-hydrogen) atoms.